The smallest absolute Gasteiger partial charge is 0.243 e. The lowest BCUT2D eigenvalue weighted by Crippen LogP contribution is -2.42. The van der Waals surface area contributed by atoms with Crippen LogP contribution in [0.4, 0.5) is 0 Å². The first-order valence-corrected chi connectivity index (χ1v) is 10.8. The van der Waals surface area contributed by atoms with Crippen molar-refractivity contribution in [2.75, 3.05) is 53.6 Å². The van der Waals surface area contributed by atoms with Crippen LogP contribution in [0.3, 0.4) is 0 Å². The van der Waals surface area contributed by atoms with Crippen molar-refractivity contribution >= 4 is 11.9 Å². The standard InChI is InChI=1S/C22H34N4O4/c1-26(2)21(27)15-24-22(23-11-6-12-28-16-17-7-5-13-29-17)25-19-10-14-30-20-9-4-3-8-18(19)20/h3-4,8-9,17,19H,5-7,10-16H2,1-2H3,(H2,23,24,25). The number of likely N-dealkylation sites (N-methyl/N-ethyl adjacent to an activating group) is 1. The number of hydrogen-bond donors (Lipinski definition) is 2. The highest BCUT2D eigenvalue weighted by Crippen LogP contribution is 2.31. The van der Waals surface area contributed by atoms with E-state index in [0.717, 1.165) is 43.6 Å². The molecule has 1 amide bonds. The Morgan fingerprint density at radius 1 is 1.27 bits per heavy atom. The van der Waals surface area contributed by atoms with Crippen molar-refractivity contribution in [2.24, 2.45) is 4.99 Å². The van der Waals surface area contributed by atoms with Crippen LogP contribution in [0.1, 0.15) is 37.3 Å². The van der Waals surface area contributed by atoms with Gasteiger partial charge in [-0.3, -0.25) is 4.79 Å². The van der Waals surface area contributed by atoms with Crippen molar-refractivity contribution < 1.29 is 19.0 Å². The number of ether oxygens (including phenoxy) is 3. The molecule has 0 radical (unpaired) electrons. The van der Waals surface area contributed by atoms with Gasteiger partial charge in [-0.1, -0.05) is 18.2 Å². The van der Waals surface area contributed by atoms with Crippen molar-refractivity contribution in [3.05, 3.63) is 29.8 Å². The number of hydrogen-bond acceptors (Lipinski definition) is 5. The van der Waals surface area contributed by atoms with Crippen molar-refractivity contribution in [1.29, 1.82) is 0 Å². The number of nitrogens with one attached hydrogen (secondary N) is 2. The van der Waals surface area contributed by atoms with Crippen molar-refractivity contribution in [2.45, 2.75) is 37.8 Å². The van der Waals surface area contributed by atoms with Crippen LogP contribution < -0.4 is 15.4 Å². The maximum atomic E-state index is 12.0. The number of amides is 1. The number of carbonyl (C=O) groups is 1. The molecule has 2 N–H and O–H groups in total. The van der Waals surface area contributed by atoms with Crippen molar-refractivity contribution in [1.82, 2.24) is 15.5 Å². The minimum Gasteiger partial charge on any atom is -0.493 e. The van der Waals surface area contributed by atoms with E-state index in [1.165, 1.54) is 0 Å². The molecule has 2 heterocycles. The molecule has 1 aromatic carbocycles. The Bertz CT molecular complexity index is 704. The number of fused-ring (bicyclic) bond motifs is 1. The average molecular weight is 419 g/mol. The lowest BCUT2D eigenvalue weighted by molar-refractivity contribution is -0.127. The Morgan fingerprint density at radius 3 is 2.93 bits per heavy atom. The number of guanidine groups is 1. The van der Waals surface area contributed by atoms with Crippen LogP contribution >= 0.6 is 0 Å². The normalized spacial score (nSPS) is 20.9. The van der Waals surface area contributed by atoms with Crippen LogP contribution in [-0.2, 0) is 14.3 Å². The minimum absolute atomic E-state index is 0.0385. The fourth-order valence-corrected chi connectivity index (χ4v) is 3.47. The SMILES string of the molecule is CN(C)C(=O)CN=C(NCCCOCC1CCCO1)NC1CCOc2ccccc21. The van der Waals surface area contributed by atoms with Gasteiger partial charge in [-0.15, -0.1) is 0 Å². The Balaban J connectivity index is 1.50. The van der Waals surface area contributed by atoms with E-state index in [4.69, 9.17) is 14.2 Å². The highest BCUT2D eigenvalue weighted by Gasteiger charge is 2.22. The van der Waals surface area contributed by atoms with E-state index in [9.17, 15) is 4.79 Å². The third kappa shape index (κ3) is 6.88. The van der Waals surface area contributed by atoms with E-state index in [1.54, 1.807) is 19.0 Å². The zero-order valence-electron chi connectivity index (χ0n) is 18.1. The predicted octanol–water partition coefficient (Wildman–Crippen LogP) is 1.72. The van der Waals surface area contributed by atoms with Gasteiger partial charge in [0.25, 0.3) is 0 Å². The van der Waals surface area contributed by atoms with E-state index in [2.05, 4.69) is 21.7 Å². The molecule has 2 atom stereocenters. The van der Waals surface area contributed by atoms with Crippen LogP contribution in [0.25, 0.3) is 0 Å². The predicted molar refractivity (Wildman–Crippen MR) is 116 cm³/mol. The summed E-state index contributed by atoms with van der Waals surface area (Å²) in [6, 6.07) is 8.11. The van der Waals surface area contributed by atoms with Gasteiger partial charge in [0.05, 0.1) is 25.4 Å². The van der Waals surface area contributed by atoms with Gasteiger partial charge in [-0.05, 0) is 25.3 Å². The molecular weight excluding hydrogens is 384 g/mol. The molecule has 0 bridgehead atoms. The molecule has 166 valence electrons. The Morgan fingerprint density at radius 2 is 2.13 bits per heavy atom. The van der Waals surface area contributed by atoms with Gasteiger partial charge in [-0.2, -0.15) is 0 Å². The van der Waals surface area contributed by atoms with Gasteiger partial charge in [-0.25, -0.2) is 4.99 Å². The fourth-order valence-electron chi connectivity index (χ4n) is 3.47. The number of nitrogens with zero attached hydrogens (tertiary/aromatic N) is 2. The summed E-state index contributed by atoms with van der Waals surface area (Å²) in [6.45, 7) is 3.63. The second-order valence-corrected chi connectivity index (χ2v) is 7.82. The zero-order valence-corrected chi connectivity index (χ0v) is 18.1. The highest BCUT2D eigenvalue weighted by molar-refractivity contribution is 5.85. The van der Waals surface area contributed by atoms with E-state index in [-0.39, 0.29) is 24.6 Å². The van der Waals surface area contributed by atoms with Gasteiger partial charge in [0.2, 0.25) is 5.91 Å². The Kier molecular flexibility index (Phi) is 8.77. The number of para-hydroxylation sites is 1. The summed E-state index contributed by atoms with van der Waals surface area (Å²) in [7, 11) is 3.47. The monoisotopic (exact) mass is 418 g/mol. The molecule has 3 rings (SSSR count). The summed E-state index contributed by atoms with van der Waals surface area (Å²) in [4.78, 5) is 18.0. The van der Waals surface area contributed by atoms with Gasteiger partial charge >= 0.3 is 0 Å². The molecule has 1 saturated heterocycles. The summed E-state index contributed by atoms with van der Waals surface area (Å²) in [5.74, 6) is 1.49. The Labute approximate surface area is 179 Å². The van der Waals surface area contributed by atoms with Crippen molar-refractivity contribution in [3.63, 3.8) is 0 Å². The second kappa shape index (κ2) is 11.8. The maximum absolute atomic E-state index is 12.0. The van der Waals surface area contributed by atoms with E-state index >= 15 is 0 Å². The second-order valence-electron chi connectivity index (χ2n) is 7.82. The summed E-state index contributed by atoms with van der Waals surface area (Å²) in [5, 5.41) is 6.81. The molecule has 0 saturated carbocycles. The molecule has 2 unspecified atom stereocenters. The third-order valence-corrected chi connectivity index (χ3v) is 5.23. The number of benzene rings is 1. The zero-order chi connectivity index (χ0) is 21.2. The first-order chi connectivity index (χ1) is 14.6. The number of carbonyl (C=O) groups excluding carboxylic acids is 1. The third-order valence-electron chi connectivity index (χ3n) is 5.23. The number of rotatable bonds is 9. The molecule has 0 aliphatic carbocycles. The fraction of sp³-hybridized carbons (Fsp3) is 0.636. The van der Waals surface area contributed by atoms with Gasteiger partial charge in [0.15, 0.2) is 5.96 Å². The van der Waals surface area contributed by atoms with Crippen LogP contribution in [-0.4, -0.2) is 76.5 Å². The van der Waals surface area contributed by atoms with Gasteiger partial charge in [0.1, 0.15) is 12.3 Å². The average Bonchev–Trinajstić information content (AvgIpc) is 3.27. The summed E-state index contributed by atoms with van der Waals surface area (Å²) in [5.41, 5.74) is 1.11. The van der Waals surface area contributed by atoms with Crippen molar-refractivity contribution in [3.8, 4) is 5.75 Å². The minimum atomic E-state index is -0.0385. The quantitative estimate of drug-likeness (QED) is 0.361. The van der Waals surface area contributed by atoms with Crippen LogP contribution in [0.15, 0.2) is 29.3 Å². The van der Waals surface area contributed by atoms with E-state index in [1.807, 2.05) is 18.2 Å². The summed E-state index contributed by atoms with van der Waals surface area (Å²) >= 11 is 0. The molecular formula is C22H34N4O4. The Hall–Kier alpha value is -2.32. The molecule has 8 heteroatoms. The molecule has 0 spiro atoms. The van der Waals surface area contributed by atoms with Gasteiger partial charge in [0, 0.05) is 45.8 Å². The largest absolute Gasteiger partial charge is 0.493 e. The molecule has 2 aliphatic heterocycles. The maximum Gasteiger partial charge on any atom is 0.243 e. The van der Waals surface area contributed by atoms with Crippen LogP contribution in [0.5, 0.6) is 5.75 Å². The lowest BCUT2D eigenvalue weighted by atomic mass is 10.0. The molecule has 8 nitrogen and oxygen atoms in total. The van der Waals surface area contributed by atoms with E-state index in [0.29, 0.717) is 32.3 Å². The van der Waals surface area contributed by atoms with Crippen LogP contribution in [0, 0.1) is 0 Å². The molecule has 30 heavy (non-hydrogen) atoms. The summed E-state index contributed by atoms with van der Waals surface area (Å²) < 4.78 is 17.0. The molecule has 1 aromatic rings. The highest BCUT2D eigenvalue weighted by atomic mass is 16.5. The van der Waals surface area contributed by atoms with Crippen LogP contribution in [0.2, 0.25) is 0 Å². The molecule has 1 fully saturated rings. The first kappa shape index (κ1) is 22.4. The lowest BCUT2D eigenvalue weighted by Gasteiger charge is -2.28. The molecule has 2 aliphatic rings. The van der Waals surface area contributed by atoms with Gasteiger partial charge < -0.3 is 29.7 Å². The number of aliphatic imine (C=N–C) groups is 1. The first-order valence-electron chi connectivity index (χ1n) is 10.8. The van der Waals surface area contributed by atoms with E-state index < -0.39 is 0 Å². The topological polar surface area (TPSA) is 84.4 Å². The summed E-state index contributed by atoms with van der Waals surface area (Å²) in [6.07, 6.45) is 4.15. The molecule has 0 aromatic heterocycles.